The molecule has 6 nitrogen and oxygen atoms in total. The molecule has 2 N–H and O–H groups in total. The van der Waals surface area contributed by atoms with E-state index in [9.17, 15) is 8.42 Å². The minimum Gasteiger partial charge on any atom is -0.500 e. The highest BCUT2D eigenvalue weighted by molar-refractivity contribution is 7.81. The molecule has 0 aliphatic rings. The molecule has 0 amide bonds. The molecule has 0 saturated carbocycles. The lowest BCUT2D eigenvalue weighted by Crippen LogP contribution is -2.19. The Kier molecular flexibility index (Phi) is 4.71. The fourth-order valence-corrected chi connectivity index (χ4v) is 1.82. The number of ether oxygens (including phenoxy) is 1. The first-order valence-corrected chi connectivity index (χ1v) is 6.41. The molecule has 0 spiro atoms. The van der Waals surface area contributed by atoms with Crippen LogP contribution >= 0.6 is 0 Å². The van der Waals surface area contributed by atoms with Crippen LogP contribution in [0.1, 0.15) is 11.6 Å². The average Bonchev–Trinajstić information content (AvgIpc) is 2.30. The molecule has 1 unspecified atom stereocenters. The molecule has 1 rings (SSSR count). The zero-order chi connectivity index (χ0) is 13.8. The van der Waals surface area contributed by atoms with Crippen LogP contribution in [-0.2, 0) is 15.1 Å². The highest BCUT2D eigenvalue weighted by Crippen LogP contribution is 2.23. The molecule has 1 aromatic rings. The quantitative estimate of drug-likeness (QED) is 0.600. The number of nitrogens with one attached hydrogen (secondary N) is 1. The summed E-state index contributed by atoms with van der Waals surface area (Å²) in [5, 5.41) is 3.00. The number of methoxy groups -OCH3 is 1. The van der Waals surface area contributed by atoms with Gasteiger partial charge in [-0.15, -0.1) is 0 Å². The van der Waals surface area contributed by atoms with Crippen molar-refractivity contribution in [3.8, 4) is 5.75 Å². The minimum absolute atomic E-state index is 0.0270. The van der Waals surface area contributed by atoms with E-state index >= 15 is 0 Å². The fraction of sp³-hybridized carbons (Fsp3) is 0.273. The summed E-state index contributed by atoms with van der Waals surface area (Å²) >= 11 is 0. The van der Waals surface area contributed by atoms with Crippen molar-refractivity contribution < 1.29 is 21.9 Å². The Morgan fingerprint density at radius 2 is 1.94 bits per heavy atom. The number of hydrogen-bond acceptors (Lipinski definition) is 5. The van der Waals surface area contributed by atoms with Gasteiger partial charge in [0.1, 0.15) is 11.5 Å². The van der Waals surface area contributed by atoms with Gasteiger partial charge in [-0.05, 0) is 24.7 Å². The molecule has 0 bridgehead atoms. The molecule has 0 aromatic heterocycles. The van der Waals surface area contributed by atoms with Gasteiger partial charge in [-0.25, -0.2) is 0 Å². The van der Waals surface area contributed by atoms with Crippen molar-refractivity contribution in [1.29, 1.82) is 0 Å². The normalized spacial score (nSPS) is 12.8. The molecular formula is C11H15NO5S. The van der Waals surface area contributed by atoms with E-state index in [0.717, 1.165) is 5.56 Å². The van der Waals surface area contributed by atoms with E-state index in [1.54, 1.807) is 19.2 Å². The molecule has 0 aliphatic carbocycles. The van der Waals surface area contributed by atoms with E-state index in [0.29, 0.717) is 5.76 Å². The summed E-state index contributed by atoms with van der Waals surface area (Å²) < 4.78 is 38.9. The third-order valence-corrected chi connectivity index (χ3v) is 2.69. The molecule has 1 atom stereocenters. The topological polar surface area (TPSA) is 84.9 Å². The zero-order valence-corrected chi connectivity index (χ0v) is 10.9. The van der Waals surface area contributed by atoms with Gasteiger partial charge < -0.3 is 14.2 Å². The van der Waals surface area contributed by atoms with Crippen LogP contribution in [0.2, 0.25) is 0 Å². The van der Waals surface area contributed by atoms with Crippen molar-refractivity contribution in [1.82, 2.24) is 5.32 Å². The highest BCUT2D eigenvalue weighted by atomic mass is 32.3. The van der Waals surface area contributed by atoms with Crippen LogP contribution in [0.3, 0.4) is 0 Å². The molecule has 7 heteroatoms. The maximum Gasteiger partial charge on any atom is 0.446 e. The van der Waals surface area contributed by atoms with Crippen molar-refractivity contribution in [2.45, 2.75) is 6.04 Å². The van der Waals surface area contributed by atoms with Crippen LogP contribution in [0, 0.1) is 0 Å². The van der Waals surface area contributed by atoms with Gasteiger partial charge in [-0.2, -0.15) is 8.42 Å². The van der Waals surface area contributed by atoms with Gasteiger partial charge in [0, 0.05) is 0 Å². The lowest BCUT2D eigenvalue weighted by molar-refractivity contribution is 0.257. The Labute approximate surface area is 106 Å². The molecule has 0 heterocycles. The fourth-order valence-electron chi connectivity index (χ4n) is 1.47. The summed E-state index contributed by atoms with van der Waals surface area (Å²) in [6, 6.07) is 5.93. The summed E-state index contributed by atoms with van der Waals surface area (Å²) in [4.78, 5) is 0. The van der Waals surface area contributed by atoms with Gasteiger partial charge in [0.2, 0.25) is 0 Å². The van der Waals surface area contributed by atoms with Crippen LogP contribution < -0.4 is 9.50 Å². The maximum absolute atomic E-state index is 10.5. The van der Waals surface area contributed by atoms with Gasteiger partial charge in [-0.3, -0.25) is 4.55 Å². The van der Waals surface area contributed by atoms with E-state index in [4.69, 9.17) is 9.29 Å². The summed E-state index contributed by atoms with van der Waals surface area (Å²) in [5.41, 5.74) is 0.826. The van der Waals surface area contributed by atoms with Crippen molar-refractivity contribution in [2.24, 2.45) is 0 Å². The second kappa shape index (κ2) is 5.85. The van der Waals surface area contributed by atoms with Gasteiger partial charge in [0.15, 0.2) is 0 Å². The molecule has 0 radical (unpaired) electrons. The predicted octanol–water partition coefficient (Wildman–Crippen LogP) is 1.29. The van der Waals surface area contributed by atoms with E-state index < -0.39 is 10.4 Å². The van der Waals surface area contributed by atoms with Crippen LogP contribution in [0.5, 0.6) is 5.75 Å². The highest BCUT2D eigenvalue weighted by Gasteiger charge is 2.14. The molecular weight excluding hydrogens is 258 g/mol. The van der Waals surface area contributed by atoms with Crippen LogP contribution in [0.4, 0.5) is 0 Å². The largest absolute Gasteiger partial charge is 0.500 e. The first-order valence-electron chi connectivity index (χ1n) is 5.04. The number of rotatable bonds is 6. The monoisotopic (exact) mass is 273 g/mol. The van der Waals surface area contributed by atoms with Gasteiger partial charge in [0.25, 0.3) is 0 Å². The number of likely N-dealkylation sites (N-methyl/N-ethyl adjacent to an activating group) is 1. The molecule has 1 aromatic carbocycles. The van der Waals surface area contributed by atoms with E-state index in [1.165, 1.54) is 19.2 Å². The van der Waals surface area contributed by atoms with Crippen LogP contribution in [0.15, 0.2) is 36.6 Å². The van der Waals surface area contributed by atoms with Crippen LogP contribution in [0.25, 0.3) is 0 Å². The smallest absolute Gasteiger partial charge is 0.446 e. The van der Waals surface area contributed by atoms with Crippen molar-refractivity contribution >= 4 is 10.4 Å². The lowest BCUT2D eigenvalue weighted by Gasteiger charge is -2.18. The SMILES string of the molecule is C=C(OC)C(NC)c1ccc(OS(=O)(=O)O)cc1. The van der Waals surface area contributed by atoms with Crippen LogP contribution in [-0.4, -0.2) is 27.1 Å². The van der Waals surface area contributed by atoms with Crippen molar-refractivity contribution in [2.75, 3.05) is 14.2 Å². The summed E-state index contributed by atoms with van der Waals surface area (Å²) in [5.74, 6) is 0.556. The molecule has 0 fully saturated rings. The molecule has 18 heavy (non-hydrogen) atoms. The predicted molar refractivity (Wildman–Crippen MR) is 66.6 cm³/mol. The Bertz CT molecular complexity index is 509. The third-order valence-electron chi connectivity index (χ3n) is 2.29. The average molecular weight is 273 g/mol. The summed E-state index contributed by atoms with van der Waals surface area (Å²) in [6.07, 6.45) is 0. The number of hydrogen-bond donors (Lipinski definition) is 2. The Hall–Kier alpha value is -1.57. The summed E-state index contributed by atoms with van der Waals surface area (Å²) in [7, 11) is -1.23. The van der Waals surface area contributed by atoms with Crippen molar-refractivity contribution in [3.05, 3.63) is 42.2 Å². The van der Waals surface area contributed by atoms with E-state index in [-0.39, 0.29) is 11.8 Å². The Morgan fingerprint density at radius 3 is 2.33 bits per heavy atom. The molecule has 100 valence electrons. The zero-order valence-electron chi connectivity index (χ0n) is 10.1. The van der Waals surface area contributed by atoms with Gasteiger partial charge in [-0.1, -0.05) is 18.7 Å². The van der Waals surface area contributed by atoms with Gasteiger partial charge in [0.05, 0.1) is 13.2 Å². The van der Waals surface area contributed by atoms with E-state index in [1.807, 2.05) is 0 Å². The second-order valence-electron chi connectivity index (χ2n) is 3.47. The van der Waals surface area contributed by atoms with Crippen molar-refractivity contribution in [3.63, 3.8) is 0 Å². The summed E-state index contributed by atoms with van der Waals surface area (Å²) in [6.45, 7) is 3.75. The first-order chi connectivity index (χ1) is 8.37. The Balaban J connectivity index is 2.91. The Morgan fingerprint density at radius 1 is 1.39 bits per heavy atom. The van der Waals surface area contributed by atoms with Gasteiger partial charge >= 0.3 is 10.4 Å². The first kappa shape index (κ1) is 14.5. The maximum atomic E-state index is 10.5. The number of benzene rings is 1. The minimum atomic E-state index is -4.49. The molecule has 0 aliphatic heterocycles. The second-order valence-corrected chi connectivity index (χ2v) is 4.49. The third kappa shape index (κ3) is 4.02. The molecule has 0 saturated heterocycles. The van der Waals surface area contributed by atoms with E-state index in [2.05, 4.69) is 16.1 Å². The lowest BCUT2D eigenvalue weighted by atomic mass is 10.1. The standard InChI is InChI=1S/C11H15NO5S/c1-8(16-3)11(12-2)9-4-6-10(7-5-9)17-18(13,14)15/h4-7,11-12H,1H2,2-3H3,(H,13,14,15).